The lowest BCUT2D eigenvalue weighted by Gasteiger charge is -2.13. The standard InChI is InChI=1S/C57H35N5O/c1-5-17-36(18-6-1)41-26-15-27-43-42-25-13-14-28-46(42)62(53(41)43)48-29-16-30-50-51(48)44-32-34-49-52(54(44)63-50)45-35-39(31-33-47(45)61(49)40-23-11-4-12-24-40)57-59-55(37-19-7-2-8-20-37)58-56(60-57)38-21-9-3-10-22-38/h1-35H. The van der Waals surface area contributed by atoms with E-state index in [0.29, 0.717) is 17.5 Å². The molecular weight excluding hydrogens is 771 g/mol. The third-order valence-corrected chi connectivity index (χ3v) is 12.4. The first kappa shape index (κ1) is 35.2. The van der Waals surface area contributed by atoms with Gasteiger partial charge in [-0.25, -0.2) is 15.0 Å². The molecule has 4 aromatic heterocycles. The quantitative estimate of drug-likeness (QED) is 0.168. The van der Waals surface area contributed by atoms with Crippen molar-refractivity contribution in [2.45, 2.75) is 0 Å². The molecule has 4 heterocycles. The third kappa shape index (κ3) is 5.48. The van der Waals surface area contributed by atoms with Crippen LogP contribution in [0.4, 0.5) is 0 Å². The van der Waals surface area contributed by atoms with Crippen LogP contribution in [0.15, 0.2) is 217 Å². The van der Waals surface area contributed by atoms with E-state index in [2.05, 4.69) is 161 Å². The summed E-state index contributed by atoms with van der Waals surface area (Å²) in [6.07, 6.45) is 0. The normalized spacial score (nSPS) is 11.8. The summed E-state index contributed by atoms with van der Waals surface area (Å²) in [5.74, 6) is 1.85. The summed E-state index contributed by atoms with van der Waals surface area (Å²) in [4.78, 5) is 15.2. The molecule has 0 radical (unpaired) electrons. The monoisotopic (exact) mass is 805 g/mol. The van der Waals surface area contributed by atoms with Crippen LogP contribution in [0.2, 0.25) is 0 Å². The molecule has 6 nitrogen and oxygen atoms in total. The Morgan fingerprint density at radius 1 is 0.349 bits per heavy atom. The second kappa shape index (κ2) is 14.0. The zero-order valence-electron chi connectivity index (χ0n) is 33.9. The minimum atomic E-state index is 0.602. The number of hydrogen-bond donors (Lipinski definition) is 0. The van der Waals surface area contributed by atoms with E-state index >= 15 is 0 Å². The smallest absolute Gasteiger partial charge is 0.164 e. The molecule has 6 heteroatoms. The van der Waals surface area contributed by atoms with Gasteiger partial charge >= 0.3 is 0 Å². The molecule has 63 heavy (non-hydrogen) atoms. The third-order valence-electron chi connectivity index (χ3n) is 12.4. The molecule has 0 aliphatic rings. The van der Waals surface area contributed by atoms with E-state index in [4.69, 9.17) is 19.4 Å². The Kier molecular flexibility index (Phi) is 7.80. The van der Waals surface area contributed by atoms with Crippen LogP contribution in [0.25, 0.3) is 122 Å². The van der Waals surface area contributed by atoms with Crippen LogP contribution >= 0.6 is 0 Å². The summed E-state index contributed by atoms with van der Waals surface area (Å²) in [6.45, 7) is 0. The van der Waals surface area contributed by atoms with Crippen LogP contribution in [0, 0.1) is 0 Å². The number of para-hydroxylation sites is 3. The average molecular weight is 806 g/mol. The average Bonchev–Trinajstić information content (AvgIpc) is 4.03. The number of rotatable bonds is 6. The Bertz CT molecular complexity index is 3830. The predicted octanol–water partition coefficient (Wildman–Crippen LogP) is 14.6. The van der Waals surface area contributed by atoms with Crippen molar-refractivity contribution in [1.29, 1.82) is 0 Å². The van der Waals surface area contributed by atoms with Crippen molar-refractivity contribution >= 4 is 65.6 Å². The van der Waals surface area contributed by atoms with E-state index in [9.17, 15) is 0 Å². The van der Waals surface area contributed by atoms with Crippen LogP contribution in [0.3, 0.4) is 0 Å². The van der Waals surface area contributed by atoms with Crippen molar-refractivity contribution in [1.82, 2.24) is 24.1 Å². The van der Waals surface area contributed by atoms with Crippen LogP contribution < -0.4 is 0 Å². The van der Waals surface area contributed by atoms with Crippen molar-refractivity contribution in [2.24, 2.45) is 0 Å². The molecule has 0 amide bonds. The molecule has 0 saturated heterocycles. The van der Waals surface area contributed by atoms with E-state index in [1.165, 1.54) is 27.4 Å². The molecular formula is C57H35N5O. The highest BCUT2D eigenvalue weighted by Gasteiger charge is 2.24. The summed E-state index contributed by atoms with van der Waals surface area (Å²) in [5.41, 5.74) is 13.3. The molecule has 0 atom stereocenters. The van der Waals surface area contributed by atoms with Gasteiger partial charge in [-0.3, -0.25) is 0 Å². The highest BCUT2D eigenvalue weighted by molar-refractivity contribution is 6.26. The predicted molar refractivity (Wildman–Crippen MR) is 258 cm³/mol. The largest absolute Gasteiger partial charge is 0.455 e. The van der Waals surface area contributed by atoms with Crippen LogP contribution in [-0.2, 0) is 0 Å². The topological polar surface area (TPSA) is 61.7 Å². The maximum Gasteiger partial charge on any atom is 0.164 e. The van der Waals surface area contributed by atoms with Crippen LogP contribution in [0.1, 0.15) is 0 Å². The Morgan fingerprint density at radius 2 is 0.921 bits per heavy atom. The van der Waals surface area contributed by atoms with Gasteiger partial charge in [-0.15, -0.1) is 0 Å². The molecule has 0 fully saturated rings. The summed E-state index contributed by atoms with van der Waals surface area (Å²) in [6, 6.07) is 74.3. The Balaban J connectivity index is 1.10. The second-order valence-corrected chi connectivity index (χ2v) is 16.0. The highest BCUT2D eigenvalue weighted by atomic mass is 16.3. The van der Waals surface area contributed by atoms with Crippen molar-refractivity contribution in [2.75, 3.05) is 0 Å². The van der Waals surface area contributed by atoms with Crippen molar-refractivity contribution < 1.29 is 4.42 Å². The second-order valence-electron chi connectivity index (χ2n) is 16.0. The van der Waals surface area contributed by atoms with Gasteiger partial charge in [0.15, 0.2) is 17.5 Å². The van der Waals surface area contributed by atoms with E-state index in [1.54, 1.807) is 0 Å². The maximum atomic E-state index is 7.13. The first-order chi connectivity index (χ1) is 31.3. The molecule has 0 saturated carbocycles. The Labute approximate surface area is 361 Å². The molecule has 13 rings (SSSR count). The molecule has 0 bridgehead atoms. The minimum absolute atomic E-state index is 0.602. The van der Waals surface area contributed by atoms with Gasteiger partial charge < -0.3 is 13.6 Å². The lowest BCUT2D eigenvalue weighted by Crippen LogP contribution is -2.00. The summed E-state index contributed by atoms with van der Waals surface area (Å²) in [7, 11) is 0. The molecule has 0 unspecified atom stereocenters. The first-order valence-electron chi connectivity index (χ1n) is 21.2. The number of benzene rings is 9. The fraction of sp³-hybridized carbons (Fsp3) is 0. The van der Waals surface area contributed by atoms with Gasteiger partial charge in [0.2, 0.25) is 0 Å². The number of fused-ring (bicyclic) bond motifs is 10. The molecule has 294 valence electrons. The Hall–Kier alpha value is -8.61. The summed E-state index contributed by atoms with van der Waals surface area (Å²) < 4.78 is 11.9. The summed E-state index contributed by atoms with van der Waals surface area (Å²) >= 11 is 0. The highest BCUT2D eigenvalue weighted by Crippen LogP contribution is 2.45. The first-order valence-corrected chi connectivity index (χ1v) is 21.2. The molecule has 0 spiro atoms. The van der Waals surface area contributed by atoms with Crippen molar-refractivity contribution in [3.05, 3.63) is 212 Å². The van der Waals surface area contributed by atoms with E-state index in [1.807, 2.05) is 60.7 Å². The number of aromatic nitrogens is 5. The summed E-state index contributed by atoms with van der Waals surface area (Å²) in [5, 5.41) is 6.61. The van der Waals surface area contributed by atoms with Gasteiger partial charge in [0.05, 0.1) is 38.5 Å². The molecule has 0 aliphatic heterocycles. The van der Waals surface area contributed by atoms with E-state index in [-0.39, 0.29) is 0 Å². The fourth-order valence-electron chi connectivity index (χ4n) is 9.61. The van der Waals surface area contributed by atoms with E-state index < -0.39 is 0 Å². The molecule has 0 aliphatic carbocycles. The lowest BCUT2D eigenvalue weighted by molar-refractivity contribution is 0.673. The zero-order chi connectivity index (χ0) is 41.4. The van der Waals surface area contributed by atoms with Crippen LogP contribution in [-0.4, -0.2) is 24.1 Å². The minimum Gasteiger partial charge on any atom is -0.455 e. The van der Waals surface area contributed by atoms with Gasteiger partial charge in [-0.2, -0.15) is 0 Å². The van der Waals surface area contributed by atoms with Crippen molar-refractivity contribution in [3.8, 4) is 56.7 Å². The molecule has 13 aromatic rings. The van der Waals surface area contributed by atoms with Gasteiger partial charge in [0, 0.05) is 49.5 Å². The van der Waals surface area contributed by atoms with Gasteiger partial charge in [0.1, 0.15) is 11.2 Å². The number of hydrogen-bond acceptors (Lipinski definition) is 4. The van der Waals surface area contributed by atoms with Crippen LogP contribution in [0.5, 0.6) is 0 Å². The van der Waals surface area contributed by atoms with Gasteiger partial charge in [-0.05, 0) is 66.2 Å². The van der Waals surface area contributed by atoms with E-state index in [0.717, 1.165) is 77.3 Å². The van der Waals surface area contributed by atoms with Gasteiger partial charge in [-0.1, -0.05) is 152 Å². The van der Waals surface area contributed by atoms with Gasteiger partial charge in [0.25, 0.3) is 0 Å². The number of furan rings is 1. The maximum absolute atomic E-state index is 7.13. The zero-order valence-corrected chi connectivity index (χ0v) is 33.9. The fourth-order valence-corrected chi connectivity index (χ4v) is 9.61. The number of nitrogens with zero attached hydrogens (tertiary/aromatic N) is 5. The molecule has 0 N–H and O–H groups in total. The molecule has 9 aromatic carbocycles. The SMILES string of the molecule is c1ccc(-c2nc(-c3ccccc3)nc(-c3ccc4c(c3)c3c5oc6cccc(-n7c8ccccc8c8cccc(-c9ccccc9)c87)c6c5ccc3n4-c3ccccc3)n2)cc1. The Morgan fingerprint density at radius 3 is 1.63 bits per heavy atom. The lowest BCUT2D eigenvalue weighted by atomic mass is 10.0. The van der Waals surface area contributed by atoms with Crippen molar-refractivity contribution in [3.63, 3.8) is 0 Å².